The maximum atomic E-state index is 13.2. The first kappa shape index (κ1) is 26.5. The van der Waals surface area contributed by atoms with Crippen molar-refractivity contribution >= 4 is 5.97 Å². The van der Waals surface area contributed by atoms with Gasteiger partial charge in [0, 0.05) is 24.0 Å². The fourth-order valence-corrected chi connectivity index (χ4v) is 5.97. The molecular formula is C33H31NO7. The zero-order valence-electron chi connectivity index (χ0n) is 23.0. The number of hydrogen-bond acceptors (Lipinski definition) is 7. The van der Waals surface area contributed by atoms with E-state index < -0.39 is 17.3 Å². The van der Waals surface area contributed by atoms with E-state index in [1.54, 1.807) is 19.5 Å². The number of benzene rings is 3. The van der Waals surface area contributed by atoms with Gasteiger partial charge in [-0.1, -0.05) is 25.1 Å². The first-order valence-corrected chi connectivity index (χ1v) is 13.6. The summed E-state index contributed by atoms with van der Waals surface area (Å²) in [6, 6.07) is 20.9. The first-order chi connectivity index (χ1) is 20.0. The molecule has 0 bridgehead atoms. The zero-order chi connectivity index (χ0) is 28.4. The van der Waals surface area contributed by atoms with Crippen molar-refractivity contribution in [2.24, 2.45) is 5.92 Å². The Hall–Kier alpha value is -4.72. The Balaban J connectivity index is 1.59. The predicted molar refractivity (Wildman–Crippen MR) is 151 cm³/mol. The summed E-state index contributed by atoms with van der Waals surface area (Å²) in [7, 11) is 1.60. The molecule has 2 unspecified atom stereocenters. The normalized spacial score (nSPS) is 18.5. The number of ether oxygens (including phenoxy) is 5. The minimum absolute atomic E-state index is 0.117. The van der Waals surface area contributed by atoms with Crippen LogP contribution in [0.3, 0.4) is 0 Å². The van der Waals surface area contributed by atoms with Gasteiger partial charge in [0.25, 0.3) is 0 Å². The number of rotatable bonds is 10. The van der Waals surface area contributed by atoms with Crippen LogP contribution in [0.5, 0.6) is 28.7 Å². The standard InChI is InChI=1S/C33H31NO7/c1-3-14-38-25-6-7-26-22(15-25)16-28(32(35)36)33(26,23-4-9-29-31(17-23)41-20-40-29)27-8-5-24(37-2)18-30(27)39-19-21-10-12-34-13-11-21/h4-13,15,17-18,28H,3,14,16,19-20H2,1-2H3,(H,35,36). The molecule has 4 aromatic rings. The monoisotopic (exact) mass is 553 g/mol. The molecule has 8 nitrogen and oxygen atoms in total. The molecule has 0 saturated carbocycles. The summed E-state index contributed by atoms with van der Waals surface area (Å²) in [6.45, 7) is 3.02. The van der Waals surface area contributed by atoms with Crippen molar-refractivity contribution in [3.05, 3.63) is 107 Å². The van der Waals surface area contributed by atoms with Gasteiger partial charge in [0.1, 0.15) is 23.9 Å². The molecule has 210 valence electrons. The topological polar surface area (TPSA) is 96.3 Å². The lowest BCUT2D eigenvalue weighted by atomic mass is 9.64. The second kappa shape index (κ2) is 11.0. The van der Waals surface area contributed by atoms with Gasteiger partial charge in [0.15, 0.2) is 11.5 Å². The number of carbonyl (C=O) groups is 1. The maximum absolute atomic E-state index is 13.2. The van der Waals surface area contributed by atoms with Crippen LogP contribution in [0.25, 0.3) is 0 Å². The summed E-state index contributed by atoms with van der Waals surface area (Å²) in [6.07, 6.45) is 4.62. The molecule has 0 radical (unpaired) electrons. The van der Waals surface area contributed by atoms with Gasteiger partial charge in [-0.25, -0.2) is 0 Å². The van der Waals surface area contributed by atoms with E-state index in [9.17, 15) is 9.90 Å². The van der Waals surface area contributed by atoms with E-state index in [4.69, 9.17) is 23.7 Å². The van der Waals surface area contributed by atoms with Gasteiger partial charge in [-0.2, -0.15) is 0 Å². The van der Waals surface area contributed by atoms with Gasteiger partial charge >= 0.3 is 5.97 Å². The largest absolute Gasteiger partial charge is 0.497 e. The lowest BCUT2D eigenvalue weighted by Gasteiger charge is -2.37. The Kier molecular flexibility index (Phi) is 7.14. The second-order valence-corrected chi connectivity index (χ2v) is 10.1. The zero-order valence-corrected chi connectivity index (χ0v) is 23.0. The van der Waals surface area contributed by atoms with E-state index >= 15 is 0 Å². The molecule has 6 rings (SSSR count). The van der Waals surface area contributed by atoms with Crippen LogP contribution >= 0.6 is 0 Å². The summed E-state index contributed by atoms with van der Waals surface area (Å²) in [5.74, 6) is 1.31. The van der Waals surface area contributed by atoms with E-state index in [1.165, 1.54) is 0 Å². The number of carboxylic acid groups (broad SMARTS) is 1. The quantitative estimate of drug-likeness (QED) is 0.264. The molecule has 1 aromatic heterocycles. The minimum Gasteiger partial charge on any atom is -0.497 e. The fourth-order valence-electron chi connectivity index (χ4n) is 5.97. The highest BCUT2D eigenvalue weighted by atomic mass is 16.7. The molecule has 2 atom stereocenters. The van der Waals surface area contributed by atoms with E-state index in [0.29, 0.717) is 36.0 Å². The molecule has 0 saturated heterocycles. The lowest BCUT2D eigenvalue weighted by Crippen LogP contribution is -2.39. The number of aromatic nitrogens is 1. The first-order valence-electron chi connectivity index (χ1n) is 13.6. The molecule has 1 aliphatic heterocycles. The molecule has 1 N–H and O–H groups in total. The van der Waals surface area contributed by atoms with Crippen LogP contribution in [0.4, 0.5) is 0 Å². The second-order valence-electron chi connectivity index (χ2n) is 10.1. The number of pyridine rings is 1. The van der Waals surface area contributed by atoms with Crippen molar-refractivity contribution in [1.82, 2.24) is 4.98 Å². The van der Waals surface area contributed by atoms with E-state index in [2.05, 4.69) is 11.9 Å². The van der Waals surface area contributed by atoms with Gasteiger partial charge in [-0.3, -0.25) is 9.78 Å². The van der Waals surface area contributed by atoms with Gasteiger partial charge in [-0.05, 0) is 77.6 Å². The lowest BCUT2D eigenvalue weighted by molar-refractivity contribution is -0.142. The van der Waals surface area contributed by atoms with Crippen LogP contribution in [0.15, 0.2) is 79.1 Å². The fraction of sp³-hybridized carbons (Fsp3) is 0.273. The van der Waals surface area contributed by atoms with E-state index in [-0.39, 0.29) is 13.4 Å². The predicted octanol–water partition coefficient (Wildman–Crippen LogP) is 5.78. The molecule has 0 amide bonds. The van der Waals surface area contributed by atoms with Crippen molar-refractivity contribution < 1.29 is 33.6 Å². The number of aliphatic carboxylic acids is 1. The molecule has 3 aromatic carbocycles. The maximum Gasteiger partial charge on any atom is 0.308 e. The molecule has 2 heterocycles. The highest BCUT2D eigenvalue weighted by molar-refractivity contribution is 5.80. The van der Waals surface area contributed by atoms with Crippen LogP contribution in [0, 0.1) is 5.92 Å². The van der Waals surface area contributed by atoms with Crippen LogP contribution < -0.4 is 23.7 Å². The highest BCUT2D eigenvalue weighted by Crippen LogP contribution is 2.57. The molecule has 0 fully saturated rings. The number of nitrogens with zero attached hydrogens (tertiary/aromatic N) is 1. The van der Waals surface area contributed by atoms with E-state index in [0.717, 1.165) is 40.0 Å². The summed E-state index contributed by atoms with van der Waals surface area (Å²) < 4.78 is 29.3. The third-order valence-electron chi connectivity index (χ3n) is 7.80. The number of methoxy groups -OCH3 is 1. The summed E-state index contributed by atoms with van der Waals surface area (Å²) in [5.41, 5.74) is 3.12. The third kappa shape index (κ3) is 4.69. The molecular weight excluding hydrogens is 522 g/mol. The Bertz CT molecular complexity index is 1570. The number of hydrogen-bond donors (Lipinski definition) is 1. The number of fused-ring (bicyclic) bond motifs is 2. The highest BCUT2D eigenvalue weighted by Gasteiger charge is 2.54. The van der Waals surface area contributed by atoms with Crippen molar-refractivity contribution in [1.29, 1.82) is 0 Å². The van der Waals surface area contributed by atoms with Gasteiger partial charge in [0.2, 0.25) is 6.79 Å². The Labute approximate surface area is 238 Å². The minimum atomic E-state index is -1.11. The van der Waals surface area contributed by atoms with Gasteiger partial charge in [0.05, 0.1) is 25.0 Å². The smallest absolute Gasteiger partial charge is 0.308 e. The molecule has 41 heavy (non-hydrogen) atoms. The summed E-state index contributed by atoms with van der Waals surface area (Å²) in [5, 5.41) is 10.8. The number of carboxylic acids is 1. The Morgan fingerprint density at radius 2 is 1.73 bits per heavy atom. The summed E-state index contributed by atoms with van der Waals surface area (Å²) >= 11 is 0. The summed E-state index contributed by atoms with van der Waals surface area (Å²) in [4.78, 5) is 17.3. The SMILES string of the molecule is CCCOc1ccc2c(c1)CC(C(=O)O)C2(c1ccc2c(c1)OCO2)c1ccc(OC)cc1OCc1ccncc1. The average Bonchev–Trinajstić information content (AvgIpc) is 3.62. The van der Waals surface area contributed by atoms with Crippen LogP contribution in [0.2, 0.25) is 0 Å². The van der Waals surface area contributed by atoms with Crippen molar-refractivity contribution in [3.63, 3.8) is 0 Å². The third-order valence-corrected chi connectivity index (χ3v) is 7.80. The van der Waals surface area contributed by atoms with Gasteiger partial charge < -0.3 is 28.8 Å². The molecule has 0 spiro atoms. The van der Waals surface area contributed by atoms with E-state index in [1.807, 2.05) is 66.7 Å². The van der Waals surface area contributed by atoms with Crippen LogP contribution in [-0.4, -0.2) is 36.6 Å². The Morgan fingerprint density at radius 3 is 2.51 bits per heavy atom. The average molecular weight is 554 g/mol. The molecule has 8 heteroatoms. The molecule has 1 aliphatic carbocycles. The van der Waals surface area contributed by atoms with Crippen molar-refractivity contribution in [2.45, 2.75) is 31.8 Å². The van der Waals surface area contributed by atoms with Crippen molar-refractivity contribution in [3.8, 4) is 28.7 Å². The van der Waals surface area contributed by atoms with Gasteiger partial charge in [-0.15, -0.1) is 0 Å². The van der Waals surface area contributed by atoms with Crippen LogP contribution in [0.1, 0.15) is 41.2 Å². The Morgan fingerprint density at radius 1 is 0.951 bits per heavy atom. The van der Waals surface area contributed by atoms with Crippen molar-refractivity contribution in [2.75, 3.05) is 20.5 Å². The molecule has 2 aliphatic rings. The van der Waals surface area contributed by atoms with Crippen LogP contribution in [-0.2, 0) is 23.2 Å².